The summed E-state index contributed by atoms with van der Waals surface area (Å²) >= 11 is 9.80. The van der Waals surface area contributed by atoms with Gasteiger partial charge in [0.15, 0.2) is 0 Å². The fourth-order valence-corrected chi connectivity index (χ4v) is 3.02. The van der Waals surface area contributed by atoms with E-state index in [0.717, 1.165) is 34.6 Å². The Hall–Kier alpha value is -0.900. The normalized spacial score (nSPS) is 12.4. The Balaban J connectivity index is 2.30. The van der Waals surface area contributed by atoms with Crippen molar-refractivity contribution in [2.75, 3.05) is 6.54 Å². The Labute approximate surface area is 140 Å². The van der Waals surface area contributed by atoms with E-state index in [2.05, 4.69) is 46.1 Å². The van der Waals surface area contributed by atoms with Gasteiger partial charge in [-0.15, -0.1) is 0 Å². The van der Waals surface area contributed by atoms with Crippen LogP contribution in [0.1, 0.15) is 36.2 Å². The summed E-state index contributed by atoms with van der Waals surface area (Å²) in [6, 6.07) is 10.2. The van der Waals surface area contributed by atoms with Crippen molar-refractivity contribution in [2.24, 2.45) is 0 Å². The lowest BCUT2D eigenvalue weighted by molar-refractivity contribution is 0.522. The van der Waals surface area contributed by atoms with Gasteiger partial charge in [-0.1, -0.05) is 40.5 Å². The van der Waals surface area contributed by atoms with Gasteiger partial charge in [0, 0.05) is 33.8 Å². The third-order valence-electron chi connectivity index (χ3n) is 3.49. The minimum atomic E-state index is 0.201. The molecule has 0 spiro atoms. The summed E-state index contributed by atoms with van der Waals surface area (Å²) in [6.45, 7) is 5.24. The first-order valence-electron chi connectivity index (χ1n) is 7.20. The largest absolute Gasteiger partial charge is 0.310 e. The quantitative estimate of drug-likeness (QED) is 0.769. The molecule has 1 aromatic carbocycles. The predicted octanol–water partition coefficient (Wildman–Crippen LogP) is 5.09. The van der Waals surface area contributed by atoms with E-state index in [1.165, 1.54) is 11.1 Å². The molecule has 0 aliphatic heterocycles. The molecule has 2 aromatic rings. The Bertz CT molecular complexity index is 601. The Morgan fingerprint density at radius 2 is 2.14 bits per heavy atom. The first-order chi connectivity index (χ1) is 10.1. The van der Waals surface area contributed by atoms with Crippen molar-refractivity contribution in [3.05, 3.63) is 62.8 Å². The third-order valence-corrected chi connectivity index (χ3v) is 4.45. The fourth-order valence-electron chi connectivity index (χ4n) is 2.32. The van der Waals surface area contributed by atoms with Crippen LogP contribution in [0.5, 0.6) is 0 Å². The van der Waals surface area contributed by atoms with Crippen LogP contribution < -0.4 is 5.32 Å². The number of nitrogens with one attached hydrogen (secondary N) is 1. The number of aromatic nitrogens is 1. The molecule has 1 heterocycles. The maximum atomic E-state index is 6.16. The highest BCUT2D eigenvalue weighted by Gasteiger charge is 2.16. The summed E-state index contributed by atoms with van der Waals surface area (Å²) in [4.78, 5) is 4.52. The van der Waals surface area contributed by atoms with Gasteiger partial charge >= 0.3 is 0 Å². The molecular weight excluding hydrogens is 348 g/mol. The van der Waals surface area contributed by atoms with Gasteiger partial charge in [0.25, 0.3) is 0 Å². The second-order valence-corrected chi connectivity index (χ2v) is 6.43. The number of pyridine rings is 1. The van der Waals surface area contributed by atoms with Gasteiger partial charge in [0.05, 0.1) is 0 Å². The number of hydrogen-bond acceptors (Lipinski definition) is 2. The number of rotatable bonds is 6. The molecule has 2 rings (SSSR count). The monoisotopic (exact) mass is 366 g/mol. The molecule has 112 valence electrons. The van der Waals surface area contributed by atoms with Gasteiger partial charge in [-0.3, -0.25) is 4.98 Å². The van der Waals surface area contributed by atoms with Crippen LogP contribution in [-0.2, 0) is 6.42 Å². The Morgan fingerprint density at radius 3 is 2.86 bits per heavy atom. The summed E-state index contributed by atoms with van der Waals surface area (Å²) in [7, 11) is 0. The first-order valence-corrected chi connectivity index (χ1v) is 8.37. The van der Waals surface area contributed by atoms with E-state index >= 15 is 0 Å². The number of nitrogens with zero attached hydrogens (tertiary/aromatic N) is 1. The topological polar surface area (TPSA) is 24.9 Å². The average molecular weight is 368 g/mol. The lowest BCUT2D eigenvalue weighted by Crippen LogP contribution is -2.25. The second kappa shape index (κ2) is 7.92. The first kappa shape index (κ1) is 16.5. The molecular formula is C17H20BrClN2. The zero-order chi connectivity index (χ0) is 15.2. The predicted molar refractivity (Wildman–Crippen MR) is 92.9 cm³/mol. The molecule has 0 aliphatic rings. The molecule has 1 atom stereocenters. The van der Waals surface area contributed by atoms with Crippen LogP contribution in [0.25, 0.3) is 0 Å². The van der Waals surface area contributed by atoms with Gasteiger partial charge in [-0.05, 0) is 55.3 Å². The van der Waals surface area contributed by atoms with Crippen LogP contribution >= 0.6 is 27.5 Å². The summed E-state index contributed by atoms with van der Waals surface area (Å²) in [5.41, 5.74) is 3.53. The molecule has 1 unspecified atom stereocenters. The van der Waals surface area contributed by atoms with Crippen LogP contribution in [0.4, 0.5) is 0 Å². The highest BCUT2D eigenvalue weighted by molar-refractivity contribution is 9.10. The molecule has 21 heavy (non-hydrogen) atoms. The van der Waals surface area contributed by atoms with Crippen molar-refractivity contribution in [3.63, 3.8) is 0 Å². The van der Waals surface area contributed by atoms with E-state index in [9.17, 15) is 0 Å². The molecule has 0 aliphatic carbocycles. The highest BCUT2D eigenvalue weighted by atomic mass is 79.9. The minimum Gasteiger partial charge on any atom is -0.310 e. The zero-order valence-corrected chi connectivity index (χ0v) is 14.7. The molecule has 1 aromatic heterocycles. The maximum Gasteiger partial charge on any atom is 0.0451 e. The van der Waals surface area contributed by atoms with Crippen LogP contribution in [0.2, 0.25) is 5.02 Å². The molecule has 0 saturated carbocycles. The summed E-state index contributed by atoms with van der Waals surface area (Å²) < 4.78 is 1.08. The van der Waals surface area contributed by atoms with Gasteiger partial charge < -0.3 is 5.32 Å². The van der Waals surface area contributed by atoms with E-state index < -0.39 is 0 Å². The smallest absolute Gasteiger partial charge is 0.0451 e. The Morgan fingerprint density at radius 1 is 1.33 bits per heavy atom. The number of aryl methyl sites for hydroxylation is 1. The summed E-state index contributed by atoms with van der Waals surface area (Å²) in [6.07, 6.45) is 3.80. The molecule has 0 fully saturated rings. The molecule has 0 amide bonds. The molecule has 1 N–H and O–H groups in total. The number of halogens is 2. The van der Waals surface area contributed by atoms with Crippen molar-refractivity contribution >= 4 is 27.5 Å². The highest BCUT2D eigenvalue weighted by Crippen LogP contribution is 2.29. The van der Waals surface area contributed by atoms with E-state index in [0.29, 0.717) is 0 Å². The van der Waals surface area contributed by atoms with Crippen LogP contribution in [0.15, 0.2) is 41.0 Å². The van der Waals surface area contributed by atoms with Crippen LogP contribution in [0, 0.1) is 6.92 Å². The van der Waals surface area contributed by atoms with Crippen molar-refractivity contribution < 1.29 is 0 Å². The average Bonchev–Trinajstić information content (AvgIpc) is 2.48. The number of benzene rings is 1. The molecule has 4 heteroatoms. The molecule has 0 saturated heterocycles. The van der Waals surface area contributed by atoms with E-state index in [1.54, 1.807) is 0 Å². The summed E-state index contributed by atoms with van der Waals surface area (Å²) in [5, 5.41) is 4.36. The van der Waals surface area contributed by atoms with E-state index in [4.69, 9.17) is 11.6 Å². The maximum absolute atomic E-state index is 6.16. The van der Waals surface area contributed by atoms with Gasteiger partial charge in [0.1, 0.15) is 0 Å². The van der Waals surface area contributed by atoms with Crippen molar-refractivity contribution in [1.29, 1.82) is 0 Å². The summed E-state index contributed by atoms with van der Waals surface area (Å²) in [5.74, 6) is 0. The lowest BCUT2D eigenvalue weighted by Gasteiger charge is -2.21. The van der Waals surface area contributed by atoms with Crippen molar-refractivity contribution in [2.45, 2.75) is 32.7 Å². The van der Waals surface area contributed by atoms with Gasteiger partial charge in [-0.2, -0.15) is 0 Å². The SMILES string of the molecule is CCCNC(Cc1ncccc1C)c1cc(Cl)ccc1Br. The third kappa shape index (κ3) is 4.53. The fraction of sp³-hybridized carbons (Fsp3) is 0.353. The van der Waals surface area contributed by atoms with E-state index in [1.807, 2.05) is 30.5 Å². The number of hydrogen-bond donors (Lipinski definition) is 1. The van der Waals surface area contributed by atoms with Crippen molar-refractivity contribution in [3.8, 4) is 0 Å². The van der Waals surface area contributed by atoms with E-state index in [-0.39, 0.29) is 6.04 Å². The van der Waals surface area contributed by atoms with Gasteiger partial charge in [-0.25, -0.2) is 0 Å². The molecule has 0 bridgehead atoms. The van der Waals surface area contributed by atoms with Crippen LogP contribution in [0.3, 0.4) is 0 Å². The van der Waals surface area contributed by atoms with Crippen molar-refractivity contribution in [1.82, 2.24) is 10.3 Å². The molecule has 0 radical (unpaired) electrons. The Kier molecular flexibility index (Phi) is 6.22. The molecule has 2 nitrogen and oxygen atoms in total. The van der Waals surface area contributed by atoms with Crippen LogP contribution in [-0.4, -0.2) is 11.5 Å². The lowest BCUT2D eigenvalue weighted by atomic mass is 9.99. The standard InChI is InChI=1S/C17H20BrClN2/c1-3-8-20-17(11-16-12(2)5-4-9-21-16)14-10-13(19)6-7-15(14)18/h4-7,9-10,17,20H,3,8,11H2,1-2H3. The zero-order valence-electron chi connectivity index (χ0n) is 12.4. The minimum absolute atomic E-state index is 0.201. The second-order valence-electron chi connectivity index (χ2n) is 5.14. The van der Waals surface area contributed by atoms with Gasteiger partial charge in [0.2, 0.25) is 0 Å².